The Balaban J connectivity index is 1.76. The third kappa shape index (κ3) is 4.37. The molecule has 3 heterocycles. The summed E-state index contributed by atoms with van der Waals surface area (Å²) >= 11 is 0. The van der Waals surface area contributed by atoms with E-state index in [0.717, 1.165) is 13.0 Å². The van der Waals surface area contributed by atoms with Crippen molar-refractivity contribution in [2.24, 2.45) is 0 Å². The Hall–Kier alpha value is -2.64. The molecule has 0 bridgehead atoms. The van der Waals surface area contributed by atoms with Gasteiger partial charge in [0.1, 0.15) is 11.1 Å². The van der Waals surface area contributed by atoms with Gasteiger partial charge in [0.05, 0.1) is 17.8 Å². The fourth-order valence-electron chi connectivity index (χ4n) is 3.30. The van der Waals surface area contributed by atoms with E-state index in [9.17, 15) is 9.90 Å². The maximum Gasteiger partial charge on any atom is 0.410 e. The van der Waals surface area contributed by atoms with Gasteiger partial charge in [-0.05, 0) is 47.1 Å². The first-order valence-electron chi connectivity index (χ1n) is 9.23. The lowest BCUT2D eigenvalue weighted by molar-refractivity contribution is 0.0107. The van der Waals surface area contributed by atoms with E-state index in [2.05, 4.69) is 19.9 Å². The number of anilines is 1. The van der Waals surface area contributed by atoms with Crippen molar-refractivity contribution in [1.29, 1.82) is 0 Å². The Labute approximate surface area is 159 Å². The number of aromatic nitrogens is 3. The molecule has 1 aliphatic heterocycles. The second-order valence-corrected chi connectivity index (χ2v) is 8.11. The third-order valence-corrected chi connectivity index (χ3v) is 4.41. The topological polar surface area (TPSA) is 91.7 Å². The zero-order valence-electron chi connectivity index (χ0n) is 16.5. The molecule has 8 nitrogen and oxygen atoms in total. The lowest BCUT2D eigenvalue weighted by Crippen LogP contribution is -2.48. The van der Waals surface area contributed by atoms with E-state index in [4.69, 9.17) is 4.74 Å². The van der Waals surface area contributed by atoms with Gasteiger partial charge in [0.2, 0.25) is 11.8 Å². The van der Waals surface area contributed by atoms with Gasteiger partial charge in [0.25, 0.3) is 0 Å². The monoisotopic (exact) mass is 373 g/mol. The molecule has 1 N–H and O–H groups in total. The van der Waals surface area contributed by atoms with Crippen molar-refractivity contribution in [1.82, 2.24) is 19.9 Å². The quantitative estimate of drug-likeness (QED) is 0.884. The zero-order valence-corrected chi connectivity index (χ0v) is 16.5. The average molecular weight is 373 g/mol. The van der Waals surface area contributed by atoms with Crippen LogP contribution in [0.2, 0.25) is 0 Å². The number of aromatic hydroxyl groups is 1. The lowest BCUT2D eigenvalue weighted by Gasteiger charge is -2.34. The van der Waals surface area contributed by atoms with Crippen LogP contribution in [0.25, 0.3) is 11.0 Å². The number of hydrogen-bond donors (Lipinski definition) is 1. The Morgan fingerprint density at radius 1 is 1.30 bits per heavy atom. The predicted octanol–water partition coefficient (Wildman–Crippen LogP) is 2.95. The van der Waals surface area contributed by atoms with Gasteiger partial charge in [-0.1, -0.05) is 0 Å². The molecule has 3 rings (SSSR count). The van der Waals surface area contributed by atoms with Crippen LogP contribution in [0.1, 0.15) is 41.0 Å². The molecule has 1 fully saturated rings. The third-order valence-electron chi connectivity index (χ3n) is 4.41. The average Bonchev–Trinajstić information content (AvgIpc) is 3.01. The normalized spacial score (nSPS) is 17.6. The molecular weight excluding hydrogens is 346 g/mol. The number of hydrogen-bond acceptors (Lipinski definition) is 7. The second-order valence-electron chi connectivity index (χ2n) is 8.11. The maximum absolute atomic E-state index is 12.7. The number of rotatable bonds is 3. The highest BCUT2D eigenvalue weighted by molar-refractivity contribution is 5.75. The van der Waals surface area contributed by atoms with E-state index in [0.29, 0.717) is 23.5 Å². The zero-order chi connectivity index (χ0) is 19.8. The number of ether oxygens (including phenoxy) is 1. The first-order valence-corrected chi connectivity index (χ1v) is 9.23. The van der Waals surface area contributed by atoms with Crippen molar-refractivity contribution in [3.8, 4) is 5.88 Å². The fraction of sp³-hybridized carbons (Fsp3) is 0.579. The molecule has 8 heteroatoms. The summed E-state index contributed by atoms with van der Waals surface area (Å²) < 4.78 is 5.59. The van der Waals surface area contributed by atoms with E-state index in [1.807, 2.05) is 39.5 Å². The van der Waals surface area contributed by atoms with Crippen LogP contribution < -0.4 is 4.90 Å². The van der Waals surface area contributed by atoms with Crippen molar-refractivity contribution in [3.63, 3.8) is 0 Å². The molecule has 146 valence electrons. The summed E-state index contributed by atoms with van der Waals surface area (Å²) in [5.41, 5.74) is 0.698. The minimum Gasteiger partial charge on any atom is -0.493 e. The SMILES string of the molecule is CC(C)N(C(=O)OC(C)(C)C)[C@@H]1CCN(c2ncc3nc(O)ccc3n2)C1. The highest BCUT2D eigenvalue weighted by atomic mass is 16.6. The standard InChI is InChI=1S/C19H27N5O3/c1-12(2)24(18(26)27-19(3,4)5)13-8-9-23(11-13)17-20-10-15-14(22-17)6-7-16(25)21-15/h6-7,10,12-13H,8-9,11H2,1-5H3,(H,21,25)/t13-/m1/s1. The largest absolute Gasteiger partial charge is 0.493 e. The molecule has 2 aromatic heterocycles. The highest BCUT2D eigenvalue weighted by Crippen LogP contribution is 2.25. The molecule has 0 aliphatic carbocycles. The van der Waals surface area contributed by atoms with Crippen molar-refractivity contribution in [2.75, 3.05) is 18.0 Å². The van der Waals surface area contributed by atoms with E-state index in [-0.39, 0.29) is 24.1 Å². The molecule has 0 spiro atoms. The summed E-state index contributed by atoms with van der Waals surface area (Å²) in [6, 6.07) is 3.30. The number of fused-ring (bicyclic) bond motifs is 1. The summed E-state index contributed by atoms with van der Waals surface area (Å²) in [6.45, 7) is 11.0. The minimum absolute atomic E-state index is 0.0366. The van der Waals surface area contributed by atoms with Crippen LogP contribution >= 0.6 is 0 Å². The van der Waals surface area contributed by atoms with E-state index in [1.54, 1.807) is 12.3 Å². The van der Waals surface area contributed by atoms with Crippen molar-refractivity contribution >= 4 is 23.1 Å². The van der Waals surface area contributed by atoms with Gasteiger partial charge >= 0.3 is 6.09 Å². The van der Waals surface area contributed by atoms with Crippen molar-refractivity contribution in [2.45, 2.75) is 58.7 Å². The Morgan fingerprint density at radius 2 is 2.04 bits per heavy atom. The summed E-state index contributed by atoms with van der Waals surface area (Å²) in [7, 11) is 0. The van der Waals surface area contributed by atoms with Crippen LogP contribution in [0.15, 0.2) is 18.3 Å². The Bertz CT molecular complexity index is 834. The molecule has 1 aliphatic rings. The molecule has 2 aromatic rings. The summed E-state index contributed by atoms with van der Waals surface area (Å²) in [5.74, 6) is 0.551. The number of carbonyl (C=O) groups is 1. The lowest BCUT2D eigenvalue weighted by atomic mass is 10.2. The van der Waals surface area contributed by atoms with E-state index < -0.39 is 5.60 Å². The highest BCUT2D eigenvalue weighted by Gasteiger charge is 2.35. The van der Waals surface area contributed by atoms with Crippen molar-refractivity contribution < 1.29 is 14.6 Å². The van der Waals surface area contributed by atoms with Gasteiger partial charge in [-0.25, -0.2) is 19.7 Å². The number of carbonyl (C=O) groups excluding carboxylic acids is 1. The molecular formula is C19H27N5O3. The number of pyridine rings is 1. The molecule has 1 atom stereocenters. The van der Waals surface area contributed by atoms with Gasteiger partial charge < -0.3 is 19.6 Å². The van der Waals surface area contributed by atoms with Gasteiger partial charge in [0.15, 0.2) is 0 Å². The van der Waals surface area contributed by atoms with Gasteiger partial charge in [-0.3, -0.25) is 0 Å². The Morgan fingerprint density at radius 3 is 2.70 bits per heavy atom. The van der Waals surface area contributed by atoms with Crippen LogP contribution in [-0.2, 0) is 4.74 Å². The van der Waals surface area contributed by atoms with Gasteiger partial charge in [-0.15, -0.1) is 0 Å². The molecule has 1 amide bonds. The molecule has 0 radical (unpaired) electrons. The molecule has 0 saturated carbocycles. The van der Waals surface area contributed by atoms with E-state index >= 15 is 0 Å². The summed E-state index contributed by atoms with van der Waals surface area (Å²) in [6.07, 6.45) is 2.15. The maximum atomic E-state index is 12.7. The van der Waals surface area contributed by atoms with Gasteiger partial charge in [-0.2, -0.15) is 0 Å². The van der Waals surface area contributed by atoms with Crippen LogP contribution in [0.4, 0.5) is 10.7 Å². The van der Waals surface area contributed by atoms with Crippen LogP contribution in [-0.4, -0.2) is 61.8 Å². The number of nitrogens with zero attached hydrogens (tertiary/aromatic N) is 5. The summed E-state index contributed by atoms with van der Waals surface area (Å²) in [5, 5.41) is 9.46. The Kier molecular flexibility index (Phi) is 5.08. The smallest absolute Gasteiger partial charge is 0.410 e. The second kappa shape index (κ2) is 7.17. The predicted molar refractivity (Wildman–Crippen MR) is 103 cm³/mol. The molecule has 0 unspecified atom stereocenters. The van der Waals surface area contributed by atoms with Crippen molar-refractivity contribution in [3.05, 3.63) is 18.3 Å². The van der Waals surface area contributed by atoms with Gasteiger partial charge in [0, 0.05) is 25.2 Å². The van der Waals surface area contributed by atoms with Crippen LogP contribution in [0, 0.1) is 0 Å². The van der Waals surface area contributed by atoms with Crippen LogP contribution in [0.3, 0.4) is 0 Å². The molecule has 1 saturated heterocycles. The fourth-order valence-corrected chi connectivity index (χ4v) is 3.30. The molecule has 0 aromatic carbocycles. The first kappa shape index (κ1) is 19.1. The minimum atomic E-state index is -0.525. The van der Waals surface area contributed by atoms with Crippen LogP contribution in [0.5, 0.6) is 5.88 Å². The summed E-state index contributed by atoms with van der Waals surface area (Å²) in [4.78, 5) is 29.5. The number of amides is 1. The molecule has 27 heavy (non-hydrogen) atoms. The first-order chi connectivity index (χ1) is 12.6. The van der Waals surface area contributed by atoms with E-state index in [1.165, 1.54) is 6.07 Å².